The third-order valence-corrected chi connectivity index (χ3v) is 3.85. The summed E-state index contributed by atoms with van der Waals surface area (Å²) >= 11 is 0. The van der Waals surface area contributed by atoms with Gasteiger partial charge in [-0.05, 0) is 49.1 Å². The first-order valence-electron chi connectivity index (χ1n) is 7.32. The molecule has 3 rings (SSSR count). The normalized spacial score (nSPS) is 18.9. The summed E-state index contributed by atoms with van der Waals surface area (Å²) in [6.07, 6.45) is 1.82. The number of aromatic nitrogens is 2. The first-order chi connectivity index (χ1) is 10.7. The maximum absolute atomic E-state index is 5.18. The van der Waals surface area contributed by atoms with Crippen LogP contribution in [0, 0.1) is 5.92 Å². The first-order valence-corrected chi connectivity index (χ1v) is 7.32. The first kappa shape index (κ1) is 14.5. The molecular weight excluding hydrogens is 278 g/mol. The SMILES string of the molecule is CON=C1C[C@@H](C)Cc2nnc(-c3ccc(OC)cc3)cc21. The molecule has 22 heavy (non-hydrogen) atoms. The van der Waals surface area contributed by atoms with Gasteiger partial charge in [0, 0.05) is 11.1 Å². The average Bonchev–Trinajstić information content (AvgIpc) is 2.55. The molecule has 0 bridgehead atoms. The van der Waals surface area contributed by atoms with Crippen LogP contribution in [-0.4, -0.2) is 30.1 Å². The Morgan fingerprint density at radius 3 is 2.55 bits per heavy atom. The number of hydrogen-bond donors (Lipinski definition) is 0. The lowest BCUT2D eigenvalue weighted by molar-refractivity contribution is 0.212. The Kier molecular flexibility index (Phi) is 4.04. The standard InChI is InChI=1S/C17H19N3O2/c1-11-8-16-14(17(9-11)20-22-3)10-15(18-19-16)12-4-6-13(21-2)7-5-12/h4-7,10-11H,8-9H2,1-3H3/t11-/m0/s1. The number of nitrogens with zero attached hydrogens (tertiary/aromatic N) is 3. The van der Waals surface area contributed by atoms with E-state index in [4.69, 9.17) is 9.57 Å². The van der Waals surface area contributed by atoms with Crippen LogP contribution in [0.2, 0.25) is 0 Å². The van der Waals surface area contributed by atoms with Crippen molar-refractivity contribution in [1.29, 1.82) is 0 Å². The number of fused-ring (bicyclic) bond motifs is 1. The molecule has 0 unspecified atom stereocenters. The molecule has 114 valence electrons. The predicted molar refractivity (Wildman–Crippen MR) is 85.1 cm³/mol. The van der Waals surface area contributed by atoms with Crippen molar-refractivity contribution < 1.29 is 9.57 Å². The molecule has 0 radical (unpaired) electrons. The summed E-state index contributed by atoms with van der Waals surface area (Å²) in [5, 5.41) is 12.9. The molecule has 0 saturated carbocycles. The van der Waals surface area contributed by atoms with Crippen molar-refractivity contribution in [3.63, 3.8) is 0 Å². The Labute approximate surface area is 130 Å². The predicted octanol–water partition coefficient (Wildman–Crippen LogP) is 3.09. The highest BCUT2D eigenvalue weighted by atomic mass is 16.6. The average molecular weight is 297 g/mol. The van der Waals surface area contributed by atoms with Gasteiger partial charge in [-0.3, -0.25) is 0 Å². The Morgan fingerprint density at radius 1 is 1.09 bits per heavy atom. The van der Waals surface area contributed by atoms with Crippen molar-refractivity contribution in [1.82, 2.24) is 10.2 Å². The van der Waals surface area contributed by atoms with Crippen molar-refractivity contribution in [3.05, 3.63) is 41.6 Å². The zero-order valence-corrected chi connectivity index (χ0v) is 13.0. The fourth-order valence-corrected chi connectivity index (χ4v) is 2.76. The molecule has 1 aliphatic carbocycles. The number of oxime groups is 1. The second-order valence-corrected chi connectivity index (χ2v) is 5.55. The third-order valence-electron chi connectivity index (χ3n) is 3.85. The molecule has 0 N–H and O–H groups in total. The van der Waals surface area contributed by atoms with Crippen molar-refractivity contribution >= 4 is 5.71 Å². The van der Waals surface area contributed by atoms with E-state index in [2.05, 4.69) is 22.3 Å². The van der Waals surface area contributed by atoms with E-state index >= 15 is 0 Å². The maximum Gasteiger partial charge on any atom is 0.118 e. The molecule has 1 aliphatic rings. The van der Waals surface area contributed by atoms with Gasteiger partial charge in [-0.25, -0.2) is 0 Å². The minimum atomic E-state index is 0.502. The highest BCUT2D eigenvalue weighted by Crippen LogP contribution is 2.28. The van der Waals surface area contributed by atoms with Gasteiger partial charge in [0.25, 0.3) is 0 Å². The summed E-state index contributed by atoms with van der Waals surface area (Å²) in [7, 11) is 3.23. The van der Waals surface area contributed by atoms with Gasteiger partial charge in [0.1, 0.15) is 12.9 Å². The van der Waals surface area contributed by atoms with Gasteiger partial charge in [0.2, 0.25) is 0 Å². The molecule has 1 aromatic heterocycles. The Bertz CT molecular complexity index is 696. The summed E-state index contributed by atoms with van der Waals surface area (Å²) in [6, 6.07) is 9.85. The molecule has 5 nitrogen and oxygen atoms in total. The molecule has 0 amide bonds. The van der Waals surface area contributed by atoms with Gasteiger partial charge in [-0.2, -0.15) is 10.2 Å². The van der Waals surface area contributed by atoms with Crippen LogP contribution in [0.5, 0.6) is 5.75 Å². The summed E-state index contributed by atoms with van der Waals surface area (Å²) in [6.45, 7) is 2.19. The monoisotopic (exact) mass is 297 g/mol. The van der Waals surface area contributed by atoms with Gasteiger partial charge in [0.15, 0.2) is 0 Å². The van der Waals surface area contributed by atoms with E-state index in [9.17, 15) is 0 Å². The molecule has 5 heteroatoms. The van der Waals surface area contributed by atoms with Crippen LogP contribution in [0.4, 0.5) is 0 Å². The largest absolute Gasteiger partial charge is 0.497 e. The van der Waals surface area contributed by atoms with Gasteiger partial charge in [-0.1, -0.05) is 12.1 Å². The summed E-state index contributed by atoms with van der Waals surface area (Å²) in [4.78, 5) is 4.99. The summed E-state index contributed by atoms with van der Waals surface area (Å²) in [5.74, 6) is 1.33. The lowest BCUT2D eigenvalue weighted by atomic mass is 9.86. The second-order valence-electron chi connectivity index (χ2n) is 5.55. The van der Waals surface area contributed by atoms with Crippen LogP contribution in [-0.2, 0) is 11.3 Å². The quantitative estimate of drug-likeness (QED) is 0.817. The van der Waals surface area contributed by atoms with E-state index in [0.717, 1.165) is 46.8 Å². The van der Waals surface area contributed by atoms with E-state index in [0.29, 0.717) is 5.92 Å². The number of rotatable bonds is 3. The maximum atomic E-state index is 5.18. The lowest BCUT2D eigenvalue weighted by Crippen LogP contribution is -2.21. The van der Waals surface area contributed by atoms with Gasteiger partial charge in [-0.15, -0.1) is 0 Å². The summed E-state index contributed by atoms with van der Waals surface area (Å²) < 4.78 is 5.18. The number of ether oxygens (including phenoxy) is 1. The molecule has 0 aliphatic heterocycles. The minimum absolute atomic E-state index is 0.502. The van der Waals surface area contributed by atoms with E-state index < -0.39 is 0 Å². The van der Waals surface area contributed by atoms with Crippen LogP contribution in [0.3, 0.4) is 0 Å². The minimum Gasteiger partial charge on any atom is -0.497 e. The molecule has 1 atom stereocenters. The van der Waals surface area contributed by atoms with Crippen molar-refractivity contribution in [2.45, 2.75) is 19.8 Å². The van der Waals surface area contributed by atoms with E-state index in [1.165, 1.54) is 0 Å². The number of hydrogen-bond acceptors (Lipinski definition) is 5. The fourth-order valence-electron chi connectivity index (χ4n) is 2.76. The second kappa shape index (κ2) is 6.13. The lowest BCUT2D eigenvalue weighted by Gasteiger charge is -2.21. The zero-order chi connectivity index (χ0) is 15.5. The van der Waals surface area contributed by atoms with Gasteiger partial charge >= 0.3 is 0 Å². The smallest absolute Gasteiger partial charge is 0.118 e. The Balaban J connectivity index is 2.01. The topological polar surface area (TPSA) is 56.6 Å². The molecule has 0 spiro atoms. The number of methoxy groups -OCH3 is 1. The van der Waals surface area contributed by atoms with Crippen molar-refractivity contribution in [3.8, 4) is 17.0 Å². The van der Waals surface area contributed by atoms with Gasteiger partial charge in [0.05, 0.1) is 24.2 Å². The Morgan fingerprint density at radius 2 is 1.86 bits per heavy atom. The molecule has 0 saturated heterocycles. The molecular formula is C17H19N3O2. The highest BCUT2D eigenvalue weighted by Gasteiger charge is 2.23. The van der Waals surface area contributed by atoms with Crippen LogP contribution < -0.4 is 4.74 Å². The molecule has 1 heterocycles. The van der Waals surface area contributed by atoms with Gasteiger partial charge < -0.3 is 9.57 Å². The molecule has 1 aromatic carbocycles. The Hall–Kier alpha value is -2.43. The van der Waals surface area contributed by atoms with Crippen molar-refractivity contribution in [2.24, 2.45) is 11.1 Å². The van der Waals surface area contributed by atoms with Crippen LogP contribution in [0.25, 0.3) is 11.3 Å². The molecule has 2 aromatic rings. The molecule has 0 fully saturated rings. The number of benzene rings is 1. The van der Waals surface area contributed by atoms with Crippen LogP contribution >= 0.6 is 0 Å². The summed E-state index contributed by atoms with van der Waals surface area (Å²) in [5.41, 5.74) is 4.82. The van der Waals surface area contributed by atoms with E-state index in [1.54, 1.807) is 14.2 Å². The highest BCUT2D eigenvalue weighted by molar-refractivity contribution is 6.02. The fraction of sp³-hybridized carbons (Fsp3) is 0.353. The van der Waals surface area contributed by atoms with E-state index in [-0.39, 0.29) is 0 Å². The zero-order valence-electron chi connectivity index (χ0n) is 13.0. The van der Waals surface area contributed by atoms with Crippen LogP contribution in [0.15, 0.2) is 35.5 Å². The third kappa shape index (κ3) is 2.79. The van der Waals surface area contributed by atoms with Crippen molar-refractivity contribution in [2.75, 3.05) is 14.2 Å². The van der Waals surface area contributed by atoms with E-state index in [1.807, 2.05) is 30.3 Å². The van der Waals surface area contributed by atoms with Crippen LogP contribution in [0.1, 0.15) is 24.6 Å².